The largest absolute Gasteiger partial charge is 0.495 e. The molecule has 1 heterocycles. The standard InChI is InChI=1S/C30H35F4N5O2/c1-35-29(40)22-16-28(41-4)26(17-24(22)31)36-14-6-7-21-15-23-25(37-19-10-12-20(13-11-19)38(2)3)8-5-9-27(23)39(21)18-30(32,33)34/h5,8-9,15-17,19-20,36-37H,10-14,18H2,1-4H3,(H,35,40)/t19-,20-. The minimum absolute atomic E-state index is 0.00286. The lowest BCUT2D eigenvalue weighted by atomic mass is 9.90. The average molecular weight is 574 g/mol. The van der Waals surface area contributed by atoms with E-state index in [0.717, 1.165) is 37.4 Å². The lowest BCUT2D eigenvalue weighted by Gasteiger charge is -2.33. The van der Waals surface area contributed by atoms with Gasteiger partial charge in [0.1, 0.15) is 18.1 Å². The van der Waals surface area contributed by atoms with Gasteiger partial charge in [0.05, 0.1) is 36.1 Å². The summed E-state index contributed by atoms with van der Waals surface area (Å²) in [6, 6.07) is 10.2. The van der Waals surface area contributed by atoms with Gasteiger partial charge in [-0.2, -0.15) is 13.2 Å². The van der Waals surface area contributed by atoms with Crippen LogP contribution in [0.3, 0.4) is 0 Å². The van der Waals surface area contributed by atoms with Gasteiger partial charge in [-0.25, -0.2) is 4.39 Å². The number of halogens is 4. The molecular weight excluding hydrogens is 538 g/mol. The third-order valence-electron chi connectivity index (χ3n) is 7.41. The van der Waals surface area contributed by atoms with Gasteiger partial charge in [0.15, 0.2) is 0 Å². The summed E-state index contributed by atoms with van der Waals surface area (Å²) in [5.74, 6) is 4.58. The van der Waals surface area contributed by atoms with Crippen LogP contribution in [0.4, 0.5) is 28.9 Å². The normalized spacial score (nSPS) is 17.2. The molecule has 1 fully saturated rings. The first kappa shape index (κ1) is 30.1. The van der Waals surface area contributed by atoms with Gasteiger partial charge in [-0.15, -0.1) is 0 Å². The molecule has 11 heteroatoms. The number of rotatable bonds is 8. The van der Waals surface area contributed by atoms with Crippen molar-refractivity contribution in [3.63, 3.8) is 0 Å². The molecule has 0 atom stereocenters. The molecule has 4 rings (SSSR count). The van der Waals surface area contributed by atoms with Crippen LogP contribution in [0.2, 0.25) is 0 Å². The number of amides is 1. The second kappa shape index (κ2) is 12.7. The predicted octanol–water partition coefficient (Wildman–Crippen LogP) is 5.46. The lowest BCUT2D eigenvalue weighted by Crippen LogP contribution is -2.36. The van der Waals surface area contributed by atoms with Gasteiger partial charge in [-0.1, -0.05) is 12.0 Å². The molecule has 1 aliphatic rings. The van der Waals surface area contributed by atoms with Gasteiger partial charge in [-0.3, -0.25) is 4.79 Å². The summed E-state index contributed by atoms with van der Waals surface area (Å²) in [5.41, 5.74) is 1.54. The molecule has 0 bridgehead atoms. The summed E-state index contributed by atoms with van der Waals surface area (Å²) in [7, 11) is 6.94. The summed E-state index contributed by atoms with van der Waals surface area (Å²) in [4.78, 5) is 14.1. The van der Waals surface area contributed by atoms with Crippen molar-refractivity contribution in [3.8, 4) is 17.6 Å². The number of hydrogen-bond acceptors (Lipinski definition) is 5. The third-order valence-corrected chi connectivity index (χ3v) is 7.41. The first-order chi connectivity index (χ1) is 19.5. The van der Waals surface area contributed by atoms with Gasteiger partial charge >= 0.3 is 6.18 Å². The molecule has 0 radical (unpaired) electrons. The molecule has 41 heavy (non-hydrogen) atoms. The number of aromatic nitrogens is 1. The molecule has 1 saturated carbocycles. The Morgan fingerprint density at radius 1 is 1.12 bits per heavy atom. The zero-order chi connectivity index (χ0) is 29.7. The molecule has 1 aromatic heterocycles. The molecule has 0 saturated heterocycles. The molecule has 220 valence electrons. The molecule has 7 nitrogen and oxygen atoms in total. The van der Waals surface area contributed by atoms with Crippen LogP contribution in [0.15, 0.2) is 36.4 Å². The Morgan fingerprint density at radius 3 is 2.49 bits per heavy atom. The summed E-state index contributed by atoms with van der Waals surface area (Å²) in [6.07, 6.45) is -0.360. The second-order valence-electron chi connectivity index (χ2n) is 10.3. The van der Waals surface area contributed by atoms with Crippen molar-refractivity contribution in [2.75, 3.05) is 45.4 Å². The van der Waals surface area contributed by atoms with Crippen LogP contribution in [0.5, 0.6) is 5.75 Å². The first-order valence-electron chi connectivity index (χ1n) is 13.4. The fourth-order valence-corrected chi connectivity index (χ4v) is 5.26. The van der Waals surface area contributed by atoms with Gasteiger partial charge < -0.3 is 30.2 Å². The Kier molecular flexibility index (Phi) is 9.33. The van der Waals surface area contributed by atoms with Gasteiger partial charge in [-0.05, 0) is 70.0 Å². The maximum atomic E-state index is 14.5. The van der Waals surface area contributed by atoms with E-state index in [1.54, 1.807) is 18.2 Å². The molecule has 3 aromatic rings. The number of benzene rings is 2. The minimum atomic E-state index is -4.44. The highest BCUT2D eigenvalue weighted by Gasteiger charge is 2.30. The number of carbonyl (C=O) groups is 1. The zero-order valence-corrected chi connectivity index (χ0v) is 23.6. The average Bonchev–Trinajstić information content (AvgIpc) is 3.27. The van der Waals surface area contributed by atoms with E-state index < -0.39 is 24.4 Å². The Balaban J connectivity index is 1.57. The van der Waals surface area contributed by atoms with E-state index in [-0.39, 0.29) is 35.3 Å². The topological polar surface area (TPSA) is 70.6 Å². The summed E-state index contributed by atoms with van der Waals surface area (Å²) in [6.45, 7) is -1.17. The monoisotopic (exact) mass is 573 g/mol. The molecule has 1 amide bonds. The van der Waals surface area contributed by atoms with Crippen molar-refractivity contribution >= 4 is 28.2 Å². The van der Waals surface area contributed by atoms with Gasteiger partial charge in [0.2, 0.25) is 0 Å². The van der Waals surface area contributed by atoms with Crippen LogP contribution >= 0.6 is 0 Å². The van der Waals surface area contributed by atoms with Gasteiger partial charge in [0.25, 0.3) is 5.91 Å². The second-order valence-corrected chi connectivity index (χ2v) is 10.3. The van der Waals surface area contributed by atoms with Crippen molar-refractivity contribution in [1.29, 1.82) is 0 Å². The highest BCUT2D eigenvalue weighted by atomic mass is 19.4. The fraction of sp³-hybridized carbons (Fsp3) is 0.433. The van der Waals surface area contributed by atoms with E-state index in [4.69, 9.17) is 4.74 Å². The number of nitrogens with zero attached hydrogens (tertiary/aromatic N) is 2. The molecule has 0 unspecified atom stereocenters. The van der Waals surface area contributed by atoms with Gasteiger partial charge in [0, 0.05) is 36.3 Å². The van der Waals surface area contributed by atoms with Crippen molar-refractivity contribution in [2.45, 2.75) is 50.5 Å². The van der Waals surface area contributed by atoms with Crippen LogP contribution in [-0.4, -0.2) is 68.4 Å². The molecule has 2 aromatic carbocycles. The van der Waals surface area contributed by atoms with E-state index in [2.05, 4.69) is 46.8 Å². The quantitative estimate of drug-likeness (QED) is 0.247. The van der Waals surface area contributed by atoms with Crippen LogP contribution in [-0.2, 0) is 6.54 Å². The number of carbonyl (C=O) groups excluding carboxylic acids is 1. The van der Waals surface area contributed by atoms with Crippen LogP contribution in [0.1, 0.15) is 41.7 Å². The zero-order valence-electron chi connectivity index (χ0n) is 23.6. The maximum Gasteiger partial charge on any atom is 0.406 e. The smallest absolute Gasteiger partial charge is 0.406 e. The molecular formula is C30H35F4N5O2. The Morgan fingerprint density at radius 2 is 1.85 bits per heavy atom. The number of anilines is 2. The van der Waals surface area contributed by atoms with Crippen molar-refractivity contribution in [2.24, 2.45) is 0 Å². The number of hydrogen-bond donors (Lipinski definition) is 3. The van der Waals surface area contributed by atoms with Crippen LogP contribution < -0.4 is 20.7 Å². The van der Waals surface area contributed by atoms with E-state index in [1.807, 2.05) is 6.07 Å². The molecule has 0 spiro atoms. The summed E-state index contributed by atoms with van der Waals surface area (Å²) >= 11 is 0. The lowest BCUT2D eigenvalue weighted by molar-refractivity contribution is -0.140. The Hall–Kier alpha value is -3.91. The van der Waals surface area contributed by atoms with E-state index in [0.29, 0.717) is 16.9 Å². The van der Waals surface area contributed by atoms with E-state index in [1.165, 1.54) is 24.8 Å². The summed E-state index contributed by atoms with van der Waals surface area (Å²) in [5, 5.41) is 9.52. The van der Waals surface area contributed by atoms with Crippen molar-refractivity contribution in [1.82, 2.24) is 14.8 Å². The third kappa shape index (κ3) is 7.24. The Labute approximate surface area is 237 Å². The Bertz CT molecular complexity index is 1450. The maximum absolute atomic E-state index is 14.5. The SMILES string of the molecule is CNC(=O)c1cc(OC)c(NCC#Cc2cc3c(N[C@H]4CC[C@H](N(C)C)CC4)cccc3n2CC(F)(F)F)cc1F. The number of alkyl halides is 3. The van der Waals surface area contributed by atoms with Crippen molar-refractivity contribution in [3.05, 3.63) is 53.5 Å². The molecule has 1 aliphatic carbocycles. The minimum Gasteiger partial charge on any atom is -0.495 e. The number of fused-ring (bicyclic) bond motifs is 1. The van der Waals surface area contributed by atoms with Crippen molar-refractivity contribution < 1.29 is 27.1 Å². The number of nitrogens with one attached hydrogen (secondary N) is 3. The van der Waals surface area contributed by atoms with Crippen LogP contribution in [0.25, 0.3) is 10.9 Å². The molecule has 3 N–H and O–H groups in total. The van der Waals surface area contributed by atoms with E-state index in [9.17, 15) is 22.4 Å². The summed E-state index contributed by atoms with van der Waals surface area (Å²) < 4.78 is 61.6. The predicted molar refractivity (Wildman–Crippen MR) is 153 cm³/mol. The molecule has 0 aliphatic heterocycles. The van der Waals surface area contributed by atoms with E-state index >= 15 is 0 Å². The highest BCUT2D eigenvalue weighted by Crippen LogP contribution is 2.33. The van der Waals surface area contributed by atoms with Crippen LogP contribution in [0, 0.1) is 17.7 Å². The first-order valence-corrected chi connectivity index (χ1v) is 13.4. The fourth-order valence-electron chi connectivity index (χ4n) is 5.26. The number of methoxy groups -OCH3 is 1. The number of ether oxygens (including phenoxy) is 1. The highest BCUT2D eigenvalue weighted by molar-refractivity contribution is 5.95.